The summed E-state index contributed by atoms with van der Waals surface area (Å²) in [5, 5.41) is 2.66. The first kappa shape index (κ1) is 18.4. The first-order valence-corrected chi connectivity index (χ1v) is 8.24. The number of benzene rings is 1. The number of carbonyl (C=O) groups excluding carboxylic acids is 1. The Labute approximate surface area is 131 Å². The first-order valence-electron chi connectivity index (χ1n) is 6.76. The van der Waals surface area contributed by atoms with Gasteiger partial charge in [-0.05, 0) is 38.1 Å². The van der Waals surface area contributed by atoms with Crippen LogP contribution in [-0.4, -0.2) is 47.2 Å². The number of nitrogens with one attached hydrogen (secondary N) is 2. The van der Waals surface area contributed by atoms with Crippen LogP contribution in [0.1, 0.15) is 13.8 Å². The van der Waals surface area contributed by atoms with Crippen molar-refractivity contribution in [2.45, 2.75) is 30.8 Å². The van der Waals surface area contributed by atoms with Gasteiger partial charge < -0.3 is 14.8 Å². The van der Waals surface area contributed by atoms with Gasteiger partial charge in [-0.15, -0.1) is 0 Å². The van der Waals surface area contributed by atoms with E-state index in [-0.39, 0.29) is 10.9 Å². The van der Waals surface area contributed by atoms with Crippen LogP contribution < -0.4 is 14.8 Å². The van der Waals surface area contributed by atoms with Crippen molar-refractivity contribution in [3.8, 4) is 5.75 Å². The molecule has 1 aromatic rings. The van der Waals surface area contributed by atoms with Crippen LogP contribution in [0.5, 0.6) is 5.75 Å². The zero-order valence-corrected chi connectivity index (χ0v) is 13.9. The van der Waals surface area contributed by atoms with Crippen molar-refractivity contribution in [1.29, 1.82) is 0 Å². The Hall–Kier alpha value is -1.64. The number of methoxy groups -OCH3 is 2. The topological polar surface area (TPSA) is 93.7 Å². The monoisotopic (exact) mass is 330 g/mol. The van der Waals surface area contributed by atoms with Gasteiger partial charge in [-0.2, -0.15) is 4.72 Å². The Kier molecular flexibility index (Phi) is 6.79. The molecule has 0 aliphatic carbocycles. The molecule has 1 rings (SSSR count). The predicted molar refractivity (Wildman–Crippen MR) is 82.3 cm³/mol. The molecule has 1 amide bonds. The molecule has 124 valence electrons. The molecule has 8 heteroatoms. The molecule has 0 bridgehead atoms. The smallest absolute Gasteiger partial charge is 0.241 e. The third-order valence-corrected chi connectivity index (χ3v) is 4.46. The van der Waals surface area contributed by atoms with E-state index >= 15 is 0 Å². The minimum atomic E-state index is -3.78. The van der Waals surface area contributed by atoms with Crippen LogP contribution >= 0.6 is 0 Å². The first-order chi connectivity index (χ1) is 10.3. The third kappa shape index (κ3) is 5.28. The van der Waals surface area contributed by atoms with Crippen LogP contribution in [0.15, 0.2) is 29.2 Å². The molecule has 0 saturated heterocycles. The number of ether oxygens (including phenoxy) is 2. The second-order valence-corrected chi connectivity index (χ2v) is 6.60. The molecule has 0 spiro atoms. The highest BCUT2D eigenvalue weighted by Gasteiger charge is 2.22. The average molecular weight is 330 g/mol. The van der Waals surface area contributed by atoms with Gasteiger partial charge in [-0.1, -0.05) is 0 Å². The number of hydrogen-bond acceptors (Lipinski definition) is 5. The predicted octanol–water partition coefficient (Wildman–Crippen LogP) is 0.513. The lowest BCUT2D eigenvalue weighted by Crippen LogP contribution is -2.48. The molecule has 0 aliphatic heterocycles. The minimum absolute atomic E-state index is 0.0675. The molecule has 2 atom stereocenters. The van der Waals surface area contributed by atoms with Gasteiger partial charge in [0.25, 0.3) is 0 Å². The van der Waals surface area contributed by atoms with Gasteiger partial charge in [0.1, 0.15) is 5.75 Å². The number of hydrogen-bond donors (Lipinski definition) is 2. The van der Waals surface area contributed by atoms with Gasteiger partial charge in [0.05, 0.1) is 24.7 Å². The minimum Gasteiger partial charge on any atom is -0.497 e. The summed E-state index contributed by atoms with van der Waals surface area (Å²) in [4.78, 5) is 12.0. The fraction of sp³-hybridized carbons (Fsp3) is 0.500. The Bertz CT molecular complexity index is 586. The molecule has 0 aromatic heterocycles. The van der Waals surface area contributed by atoms with E-state index in [4.69, 9.17) is 9.47 Å². The van der Waals surface area contributed by atoms with E-state index in [1.165, 1.54) is 33.3 Å². The standard InChI is InChI=1S/C14H22N2O5S/c1-10(9-20-3)15-14(17)11(2)16-22(18,19)13-7-5-12(21-4)6-8-13/h5-8,10-11,16H,9H2,1-4H3,(H,15,17)/t10-,11-/m1/s1. The van der Waals surface area contributed by atoms with Crippen LogP contribution in [0.3, 0.4) is 0 Å². The van der Waals surface area contributed by atoms with Gasteiger partial charge in [-0.3, -0.25) is 4.79 Å². The van der Waals surface area contributed by atoms with E-state index in [1.807, 2.05) is 0 Å². The van der Waals surface area contributed by atoms with Crippen LogP contribution in [0.2, 0.25) is 0 Å². The van der Waals surface area contributed by atoms with E-state index in [0.717, 1.165) is 0 Å². The summed E-state index contributed by atoms with van der Waals surface area (Å²) in [6.45, 7) is 3.60. The second kappa shape index (κ2) is 8.11. The van der Waals surface area contributed by atoms with Crippen molar-refractivity contribution in [2.75, 3.05) is 20.8 Å². The molecule has 0 unspecified atom stereocenters. The molecular formula is C14H22N2O5S. The van der Waals surface area contributed by atoms with Crippen LogP contribution in [0, 0.1) is 0 Å². The zero-order chi connectivity index (χ0) is 16.8. The normalized spacial score (nSPS) is 14.2. The van der Waals surface area contributed by atoms with Crippen molar-refractivity contribution in [3.63, 3.8) is 0 Å². The Morgan fingerprint density at radius 3 is 2.27 bits per heavy atom. The van der Waals surface area contributed by atoms with Gasteiger partial charge in [-0.25, -0.2) is 8.42 Å². The Morgan fingerprint density at radius 2 is 1.77 bits per heavy atom. The van der Waals surface area contributed by atoms with Crippen LogP contribution in [-0.2, 0) is 19.6 Å². The average Bonchev–Trinajstić information content (AvgIpc) is 2.47. The summed E-state index contributed by atoms with van der Waals surface area (Å²) in [6, 6.07) is 4.82. The highest BCUT2D eigenvalue weighted by atomic mass is 32.2. The van der Waals surface area contributed by atoms with Crippen molar-refractivity contribution in [1.82, 2.24) is 10.0 Å². The number of sulfonamides is 1. The highest BCUT2D eigenvalue weighted by Crippen LogP contribution is 2.15. The molecule has 2 N–H and O–H groups in total. The quantitative estimate of drug-likeness (QED) is 0.724. The van der Waals surface area contributed by atoms with E-state index in [1.54, 1.807) is 19.1 Å². The van der Waals surface area contributed by atoms with Crippen LogP contribution in [0.4, 0.5) is 0 Å². The highest BCUT2D eigenvalue weighted by molar-refractivity contribution is 7.89. The maximum Gasteiger partial charge on any atom is 0.241 e. The maximum atomic E-state index is 12.2. The van der Waals surface area contributed by atoms with Crippen molar-refractivity contribution in [3.05, 3.63) is 24.3 Å². The van der Waals surface area contributed by atoms with E-state index in [2.05, 4.69) is 10.0 Å². The molecular weight excluding hydrogens is 308 g/mol. The van der Waals surface area contributed by atoms with E-state index in [9.17, 15) is 13.2 Å². The van der Waals surface area contributed by atoms with E-state index < -0.39 is 22.0 Å². The molecule has 1 aromatic carbocycles. The van der Waals surface area contributed by atoms with Gasteiger partial charge in [0.2, 0.25) is 15.9 Å². The third-order valence-electron chi connectivity index (χ3n) is 2.90. The van der Waals surface area contributed by atoms with Gasteiger partial charge in [0.15, 0.2) is 0 Å². The summed E-state index contributed by atoms with van der Waals surface area (Å²) in [6.07, 6.45) is 0. The fourth-order valence-electron chi connectivity index (χ4n) is 1.77. The molecule has 7 nitrogen and oxygen atoms in total. The van der Waals surface area contributed by atoms with Crippen LogP contribution in [0.25, 0.3) is 0 Å². The summed E-state index contributed by atoms with van der Waals surface area (Å²) in [7, 11) is -0.754. The molecule has 0 saturated carbocycles. The Balaban J connectivity index is 2.72. The summed E-state index contributed by atoms with van der Waals surface area (Å²) in [5.74, 6) is 0.139. The molecule has 0 radical (unpaired) electrons. The lowest BCUT2D eigenvalue weighted by atomic mass is 10.3. The number of carbonyl (C=O) groups is 1. The molecule has 0 fully saturated rings. The molecule has 0 aliphatic rings. The maximum absolute atomic E-state index is 12.2. The largest absolute Gasteiger partial charge is 0.497 e. The lowest BCUT2D eigenvalue weighted by Gasteiger charge is -2.18. The van der Waals surface area contributed by atoms with Gasteiger partial charge >= 0.3 is 0 Å². The summed E-state index contributed by atoms with van der Waals surface area (Å²) in [5.41, 5.74) is 0. The van der Waals surface area contributed by atoms with Crippen molar-refractivity contribution < 1.29 is 22.7 Å². The number of amides is 1. The second-order valence-electron chi connectivity index (χ2n) is 4.88. The SMILES string of the molecule is COC[C@@H](C)NC(=O)[C@@H](C)NS(=O)(=O)c1ccc(OC)cc1. The van der Waals surface area contributed by atoms with Gasteiger partial charge in [0, 0.05) is 13.2 Å². The molecule has 0 heterocycles. The summed E-state index contributed by atoms with van der Waals surface area (Å²) < 4.78 is 36.6. The number of rotatable bonds is 8. The fourth-order valence-corrected chi connectivity index (χ4v) is 2.97. The zero-order valence-electron chi connectivity index (χ0n) is 13.1. The molecule has 22 heavy (non-hydrogen) atoms. The van der Waals surface area contributed by atoms with Crippen molar-refractivity contribution >= 4 is 15.9 Å². The van der Waals surface area contributed by atoms with Crippen molar-refractivity contribution in [2.24, 2.45) is 0 Å². The Morgan fingerprint density at radius 1 is 1.18 bits per heavy atom. The van der Waals surface area contributed by atoms with E-state index in [0.29, 0.717) is 12.4 Å². The summed E-state index contributed by atoms with van der Waals surface area (Å²) >= 11 is 0. The lowest BCUT2D eigenvalue weighted by molar-refractivity contribution is -0.123.